The molecule has 84 valence electrons. The van der Waals surface area contributed by atoms with Crippen molar-refractivity contribution in [2.45, 2.75) is 52.0 Å². The predicted octanol–water partition coefficient (Wildman–Crippen LogP) is 2.63. The smallest absolute Gasteiger partial charge is 0.324 e. The Morgan fingerprint density at radius 1 is 1.36 bits per heavy atom. The highest BCUT2D eigenvalue weighted by Gasteiger charge is 2.11. The van der Waals surface area contributed by atoms with Crippen LogP contribution in [0.2, 0.25) is 0 Å². The van der Waals surface area contributed by atoms with Gasteiger partial charge in [0.15, 0.2) is 0 Å². The molecule has 0 unspecified atom stereocenters. The van der Waals surface area contributed by atoms with E-state index in [-0.39, 0.29) is 5.97 Å². The van der Waals surface area contributed by atoms with Gasteiger partial charge in [-0.1, -0.05) is 32.6 Å². The predicted molar refractivity (Wildman–Crippen MR) is 58.2 cm³/mol. The minimum absolute atomic E-state index is 0.282. The van der Waals surface area contributed by atoms with E-state index in [1.807, 2.05) is 0 Å². The second kappa shape index (κ2) is 9.28. The summed E-state index contributed by atoms with van der Waals surface area (Å²) in [6.07, 6.45) is 5.78. The van der Waals surface area contributed by atoms with Gasteiger partial charge in [0.2, 0.25) is 0 Å². The summed E-state index contributed by atoms with van der Waals surface area (Å²) in [5.41, 5.74) is 0. The van der Waals surface area contributed by atoms with Crippen molar-refractivity contribution >= 4 is 17.7 Å². The van der Waals surface area contributed by atoms with Crippen LogP contribution in [0.15, 0.2) is 0 Å². The maximum atomic E-state index is 11.1. The Hall–Kier alpha value is -0.280. The molecular formula is C10H20ClNO2. The Balaban J connectivity index is 3.23. The largest absolute Gasteiger partial charge is 0.465 e. The topological polar surface area (TPSA) is 38.3 Å². The molecule has 0 fully saturated rings. The lowest BCUT2D eigenvalue weighted by atomic mass is 10.2. The molecule has 0 spiro atoms. The first-order valence-corrected chi connectivity index (χ1v) is 5.63. The van der Waals surface area contributed by atoms with E-state index in [2.05, 4.69) is 11.8 Å². The summed E-state index contributed by atoms with van der Waals surface area (Å²) in [6.45, 7) is 4.35. The van der Waals surface area contributed by atoms with Gasteiger partial charge in [0.05, 0.1) is 6.61 Å². The average molecular weight is 222 g/mol. The number of ether oxygens (including phenoxy) is 1. The van der Waals surface area contributed by atoms with Crippen molar-refractivity contribution in [2.24, 2.45) is 0 Å². The standard InChI is InChI=1S/C10H20ClNO2/c1-3-4-5-6-7-8-14-10(13)9(2)12-11/h9,12H,3-8H2,1-2H3/t9-/m0/s1. The van der Waals surface area contributed by atoms with E-state index in [4.69, 9.17) is 16.5 Å². The third-order valence-corrected chi connectivity index (χ3v) is 2.34. The molecule has 0 aliphatic heterocycles. The molecule has 14 heavy (non-hydrogen) atoms. The van der Waals surface area contributed by atoms with Crippen LogP contribution >= 0.6 is 11.8 Å². The lowest BCUT2D eigenvalue weighted by Gasteiger charge is -2.08. The van der Waals surface area contributed by atoms with Crippen molar-refractivity contribution in [2.75, 3.05) is 6.61 Å². The fourth-order valence-electron chi connectivity index (χ4n) is 1.05. The van der Waals surface area contributed by atoms with Crippen LogP contribution < -0.4 is 4.84 Å². The van der Waals surface area contributed by atoms with E-state index in [0.29, 0.717) is 6.61 Å². The molecule has 0 aromatic rings. The molecule has 0 aliphatic carbocycles. The summed E-state index contributed by atoms with van der Waals surface area (Å²) < 4.78 is 4.99. The molecule has 0 amide bonds. The summed E-state index contributed by atoms with van der Waals surface area (Å²) in [6, 6.07) is -0.424. The van der Waals surface area contributed by atoms with E-state index in [9.17, 15) is 4.79 Å². The molecule has 0 aromatic heterocycles. The summed E-state index contributed by atoms with van der Waals surface area (Å²) in [7, 11) is 0. The van der Waals surface area contributed by atoms with Crippen molar-refractivity contribution in [3.63, 3.8) is 0 Å². The Labute approximate surface area is 91.3 Å². The second-order valence-corrected chi connectivity index (χ2v) is 3.63. The molecule has 1 atom stereocenters. The van der Waals surface area contributed by atoms with Gasteiger partial charge in [0.25, 0.3) is 0 Å². The SMILES string of the molecule is CCCCCCCOC(=O)[C@H](C)NCl. The van der Waals surface area contributed by atoms with Gasteiger partial charge in [-0.25, -0.2) is 4.84 Å². The monoisotopic (exact) mass is 221 g/mol. The molecular weight excluding hydrogens is 202 g/mol. The van der Waals surface area contributed by atoms with Crippen LogP contribution in [-0.2, 0) is 9.53 Å². The fourth-order valence-corrected chi connectivity index (χ4v) is 1.14. The number of carbonyl (C=O) groups is 1. The molecule has 0 heterocycles. The molecule has 3 nitrogen and oxygen atoms in total. The fraction of sp³-hybridized carbons (Fsp3) is 0.900. The van der Waals surface area contributed by atoms with Crippen molar-refractivity contribution in [1.29, 1.82) is 0 Å². The van der Waals surface area contributed by atoms with E-state index >= 15 is 0 Å². The number of unbranched alkanes of at least 4 members (excludes halogenated alkanes) is 4. The molecule has 0 rings (SSSR count). The molecule has 0 radical (unpaired) electrons. The minimum Gasteiger partial charge on any atom is -0.465 e. The van der Waals surface area contributed by atoms with Crippen LogP contribution in [0.5, 0.6) is 0 Å². The van der Waals surface area contributed by atoms with Crippen LogP contribution in [0.1, 0.15) is 46.0 Å². The zero-order chi connectivity index (χ0) is 10.8. The first-order chi connectivity index (χ1) is 6.72. The van der Waals surface area contributed by atoms with Crippen LogP contribution in [-0.4, -0.2) is 18.6 Å². The Morgan fingerprint density at radius 3 is 2.57 bits per heavy atom. The molecule has 0 saturated carbocycles. The van der Waals surface area contributed by atoms with Crippen molar-refractivity contribution in [3.8, 4) is 0 Å². The first kappa shape index (κ1) is 13.7. The highest BCUT2D eigenvalue weighted by Crippen LogP contribution is 2.02. The van der Waals surface area contributed by atoms with Crippen LogP contribution in [0.3, 0.4) is 0 Å². The van der Waals surface area contributed by atoms with Crippen molar-refractivity contribution in [1.82, 2.24) is 4.84 Å². The molecule has 0 saturated heterocycles. The highest BCUT2D eigenvalue weighted by molar-refractivity contribution is 6.14. The molecule has 0 aromatic carbocycles. The normalized spacial score (nSPS) is 12.5. The third-order valence-electron chi connectivity index (χ3n) is 2.01. The summed E-state index contributed by atoms with van der Waals surface area (Å²) in [5, 5.41) is 0. The number of nitrogens with one attached hydrogen (secondary N) is 1. The van der Waals surface area contributed by atoms with E-state index in [1.54, 1.807) is 6.92 Å². The number of rotatable bonds is 8. The Morgan fingerprint density at radius 2 is 2.00 bits per heavy atom. The number of halogens is 1. The maximum absolute atomic E-state index is 11.1. The quantitative estimate of drug-likeness (QED) is 0.389. The van der Waals surface area contributed by atoms with Gasteiger partial charge >= 0.3 is 5.97 Å². The maximum Gasteiger partial charge on any atom is 0.324 e. The zero-order valence-electron chi connectivity index (χ0n) is 9.01. The van der Waals surface area contributed by atoms with Crippen molar-refractivity contribution < 1.29 is 9.53 Å². The van der Waals surface area contributed by atoms with Gasteiger partial charge < -0.3 is 4.74 Å². The van der Waals surface area contributed by atoms with Gasteiger partial charge in [-0.3, -0.25) is 4.79 Å². The number of esters is 1. The van der Waals surface area contributed by atoms with Crippen LogP contribution in [0.4, 0.5) is 0 Å². The average Bonchev–Trinajstić information content (AvgIpc) is 2.21. The van der Waals surface area contributed by atoms with Crippen LogP contribution in [0, 0.1) is 0 Å². The first-order valence-electron chi connectivity index (χ1n) is 5.25. The van der Waals surface area contributed by atoms with Crippen molar-refractivity contribution in [3.05, 3.63) is 0 Å². The molecule has 0 aliphatic rings. The molecule has 0 bridgehead atoms. The number of carbonyl (C=O) groups excluding carboxylic acids is 1. The lowest BCUT2D eigenvalue weighted by Crippen LogP contribution is -2.29. The number of hydrogen-bond acceptors (Lipinski definition) is 3. The van der Waals surface area contributed by atoms with E-state index in [1.165, 1.54) is 19.3 Å². The highest BCUT2D eigenvalue weighted by atomic mass is 35.5. The molecule has 1 N–H and O–H groups in total. The van der Waals surface area contributed by atoms with Gasteiger partial charge in [0.1, 0.15) is 6.04 Å². The van der Waals surface area contributed by atoms with E-state index in [0.717, 1.165) is 12.8 Å². The Bertz CT molecular complexity index is 153. The zero-order valence-corrected chi connectivity index (χ0v) is 9.77. The van der Waals surface area contributed by atoms with Gasteiger partial charge in [-0.05, 0) is 25.1 Å². The number of hydrogen-bond donors (Lipinski definition) is 1. The van der Waals surface area contributed by atoms with Gasteiger partial charge in [-0.15, -0.1) is 0 Å². The minimum atomic E-state index is -0.424. The van der Waals surface area contributed by atoms with E-state index < -0.39 is 6.04 Å². The van der Waals surface area contributed by atoms with Crippen LogP contribution in [0.25, 0.3) is 0 Å². The van der Waals surface area contributed by atoms with Gasteiger partial charge in [-0.2, -0.15) is 0 Å². The molecule has 4 heteroatoms. The summed E-state index contributed by atoms with van der Waals surface area (Å²) in [4.78, 5) is 13.4. The second-order valence-electron chi connectivity index (χ2n) is 3.41. The third kappa shape index (κ3) is 7.15. The lowest BCUT2D eigenvalue weighted by molar-refractivity contribution is -0.145. The Kier molecular flexibility index (Phi) is 9.10. The van der Waals surface area contributed by atoms with Gasteiger partial charge in [0, 0.05) is 0 Å². The summed E-state index contributed by atoms with van der Waals surface area (Å²) >= 11 is 5.28. The summed E-state index contributed by atoms with van der Waals surface area (Å²) in [5.74, 6) is -0.282.